The monoisotopic (exact) mass is 351 g/mol. The van der Waals surface area contributed by atoms with Crippen molar-refractivity contribution in [3.05, 3.63) is 0 Å². The van der Waals surface area contributed by atoms with Gasteiger partial charge in [-0.05, 0) is 6.92 Å². The molecule has 0 unspecified atom stereocenters. The summed E-state index contributed by atoms with van der Waals surface area (Å²) in [6.07, 6.45) is 9.24. The van der Waals surface area contributed by atoms with Gasteiger partial charge in [-0.2, -0.15) is 0 Å². The second kappa shape index (κ2) is 31.6. The van der Waals surface area contributed by atoms with E-state index in [-0.39, 0.29) is 6.61 Å². The Bertz CT molecular complexity index is 140. The predicted molar refractivity (Wildman–Crippen MR) is 92.9 cm³/mol. The Morgan fingerprint density at radius 2 is 1.15 bits per heavy atom. The van der Waals surface area contributed by atoms with Crippen LogP contribution in [0.4, 0.5) is 0 Å². The van der Waals surface area contributed by atoms with Crippen molar-refractivity contribution in [2.75, 3.05) is 20.7 Å². The molecular weight excluding hydrogens is 321 g/mol. The van der Waals surface area contributed by atoms with E-state index in [4.69, 9.17) is 39.9 Å². The fourth-order valence-corrected chi connectivity index (χ4v) is 0.854. The van der Waals surface area contributed by atoms with E-state index in [1.54, 1.807) is 21.0 Å². The zero-order chi connectivity index (χ0) is 16.8. The first-order valence-electron chi connectivity index (χ1n) is 6.98. The molecule has 0 aliphatic heterocycles. The normalized spacial score (nSPS) is 8.30. The molecule has 0 bridgehead atoms. The quantitative estimate of drug-likeness (QED) is 0.412. The summed E-state index contributed by atoms with van der Waals surface area (Å²) in [6.45, 7) is 6.44. The first kappa shape index (κ1) is 28.5. The number of unbranched alkanes of at least 4 members (excludes halogenated alkanes) is 5. The van der Waals surface area contributed by atoms with Gasteiger partial charge in [0.05, 0.1) is 0 Å². The third-order valence-electron chi connectivity index (χ3n) is 1.67. The summed E-state index contributed by atoms with van der Waals surface area (Å²) in [5.74, 6) is 0. The van der Waals surface area contributed by atoms with E-state index in [1.807, 2.05) is 0 Å². The van der Waals surface area contributed by atoms with Gasteiger partial charge in [0, 0.05) is 20.7 Å². The highest BCUT2D eigenvalue weighted by Gasteiger charge is 1.83. The number of halogens is 3. The average molecular weight is 353 g/mol. The lowest BCUT2D eigenvalue weighted by Crippen LogP contribution is -2.06. The van der Waals surface area contributed by atoms with Gasteiger partial charge in [-0.3, -0.25) is 4.79 Å². The van der Waals surface area contributed by atoms with E-state index >= 15 is 0 Å². The van der Waals surface area contributed by atoms with E-state index in [9.17, 15) is 4.79 Å². The van der Waals surface area contributed by atoms with Gasteiger partial charge in [-0.1, -0.05) is 87.2 Å². The van der Waals surface area contributed by atoms with Crippen molar-refractivity contribution in [2.24, 2.45) is 0 Å². The van der Waals surface area contributed by atoms with Crippen molar-refractivity contribution in [2.45, 2.75) is 63.6 Å². The van der Waals surface area contributed by atoms with Gasteiger partial charge in [0.2, 0.25) is 6.41 Å². The Morgan fingerprint density at radius 3 is 1.25 bits per heavy atom. The molecule has 0 aromatic carbocycles. The van der Waals surface area contributed by atoms with Gasteiger partial charge in [0.25, 0.3) is 0 Å². The van der Waals surface area contributed by atoms with Crippen molar-refractivity contribution in [3.8, 4) is 0 Å². The zero-order valence-corrected chi connectivity index (χ0v) is 15.8. The van der Waals surface area contributed by atoms with Gasteiger partial charge in [0.15, 0.2) is 4.30 Å². The predicted octanol–water partition coefficient (Wildman–Crippen LogP) is 5.06. The average Bonchev–Trinajstić information content (AvgIpc) is 2.36. The second-order valence-corrected chi connectivity index (χ2v) is 6.03. The lowest BCUT2D eigenvalue weighted by atomic mass is 10.1. The molecule has 1 amide bonds. The Morgan fingerprint density at radius 1 is 0.950 bits per heavy atom. The number of hydrogen-bond acceptors (Lipinski definition) is 2. The molecule has 3 nitrogen and oxygen atoms in total. The van der Waals surface area contributed by atoms with Crippen LogP contribution < -0.4 is 0 Å². The van der Waals surface area contributed by atoms with Crippen LogP contribution in [0.2, 0.25) is 0 Å². The number of carbonyl (C=O) groups is 1. The maximum atomic E-state index is 9.43. The van der Waals surface area contributed by atoms with E-state index in [0.717, 1.165) is 6.41 Å². The number of amides is 1. The minimum absolute atomic E-state index is 0.250. The maximum absolute atomic E-state index is 9.43. The molecule has 0 saturated heterocycles. The lowest BCUT2D eigenvalue weighted by Gasteiger charge is -1.93. The summed E-state index contributed by atoms with van der Waals surface area (Å²) < 4.78 is -0.750. The van der Waals surface area contributed by atoms with Crippen LogP contribution in [0.3, 0.4) is 0 Å². The number of rotatable bonds is 6. The molecule has 0 aliphatic carbocycles. The van der Waals surface area contributed by atoms with Gasteiger partial charge in [-0.25, -0.2) is 0 Å². The molecule has 6 heteroatoms. The van der Waals surface area contributed by atoms with Crippen molar-refractivity contribution in [3.63, 3.8) is 0 Å². The van der Waals surface area contributed by atoms with Crippen molar-refractivity contribution < 1.29 is 9.90 Å². The Balaban J connectivity index is -0.0000000924. The van der Waals surface area contributed by atoms with E-state index in [1.165, 1.54) is 43.4 Å². The number of carbonyl (C=O) groups excluding carboxylic acids is 1. The van der Waals surface area contributed by atoms with E-state index in [2.05, 4.69) is 13.8 Å². The first-order chi connectivity index (χ1) is 9.33. The molecule has 0 saturated carbocycles. The van der Waals surface area contributed by atoms with Crippen LogP contribution in [0.25, 0.3) is 0 Å². The van der Waals surface area contributed by atoms with Gasteiger partial charge in [-0.15, -0.1) is 0 Å². The molecule has 0 aromatic rings. The molecule has 1 N–H and O–H groups in total. The summed E-state index contributed by atoms with van der Waals surface area (Å²) >= 11 is 14.4. The Kier molecular flexibility index (Phi) is 45.0. The smallest absolute Gasteiger partial charge is 0.209 e. The minimum atomic E-state index is -0.750. The molecular formula is C14H32Cl3NO2. The Hall–Kier alpha value is 0.300. The molecule has 0 fully saturated rings. The van der Waals surface area contributed by atoms with Crippen LogP contribution in [0.1, 0.15) is 59.3 Å². The maximum Gasteiger partial charge on any atom is 0.209 e. The number of aliphatic hydroxyl groups is 1. The van der Waals surface area contributed by atoms with Crippen LogP contribution in [-0.4, -0.2) is 41.4 Å². The van der Waals surface area contributed by atoms with Crippen LogP contribution in [0, 0.1) is 0 Å². The summed E-state index contributed by atoms with van der Waals surface area (Å²) in [5, 5.41) is 7.57. The number of alkyl halides is 3. The minimum Gasteiger partial charge on any atom is -0.397 e. The number of aliphatic hydroxyl groups excluding tert-OH is 1. The Labute approximate surface area is 140 Å². The summed E-state index contributed by atoms with van der Waals surface area (Å²) in [4.78, 5) is 10.9. The standard InChI is InChI=1S/C8H18.C3H7NO.C2H6O.CHCl3/c1-3-5-7-8-6-4-2;1-4(2)3-5;1-2-3;2-1(3)4/h3-8H2,1-2H3;3H,1-2H3;3H,2H2,1H3;1H. The van der Waals surface area contributed by atoms with Crippen molar-refractivity contribution in [1.82, 2.24) is 4.90 Å². The molecule has 0 rings (SSSR count). The van der Waals surface area contributed by atoms with E-state index in [0.29, 0.717) is 0 Å². The van der Waals surface area contributed by atoms with Crippen LogP contribution in [0.15, 0.2) is 0 Å². The van der Waals surface area contributed by atoms with Gasteiger partial charge < -0.3 is 10.0 Å². The summed E-state index contributed by atoms with van der Waals surface area (Å²) in [6, 6.07) is 0. The third-order valence-corrected chi connectivity index (χ3v) is 1.67. The molecule has 0 heterocycles. The number of hydrogen-bond donors (Lipinski definition) is 1. The molecule has 0 atom stereocenters. The summed E-state index contributed by atoms with van der Waals surface area (Å²) in [5.41, 5.74) is 0. The fraction of sp³-hybridized carbons (Fsp3) is 0.929. The SMILES string of the molecule is CCCCCCCC.CCO.CN(C)C=O.ClC(Cl)Cl. The van der Waals surface area contributed by atoms with Gasteiger partial charge in [0.1, 0.15) is 0 Å². The molecule has 20 heavy (non-hydrogen) atoms. The van der Waals surface area contributed by atoms with Crippen molar-refractivity contribution >= 4 is 41.2 Å². The second-order valence-electron chi connectivity index (χ2n) is 4.05. The lowest BCUT2D eigenvalue weighted by molar-refractivity contribution is -0.115. The number of nitrogens with zero attached hydrogens (tertiary/aromatic N) is 1. The third kappa shape index (κ3) is 103. The largest absolute Gasteiger partial charge is 0.397 e. The molecule has 0 aromatic heterocycles. The molecule has 0 aliphatic rings. The zero-order valence-electron chi connectivity index (χ0n) is 13.5. The van der Waals surface area contributed by atoms with Crippen LogP contribution >= 0.6 is 34.8 Å². The highest BCUT2D eigenvalue weighted by atomic mass is 35.6. The highest BCUT2D eigenvalue weighted by Crippen LogP contribution is 2.04. The molecule has 126 valence electrons. The first-order valence-corrected chi connectivity index (χ1v) is 8.29. The van der Waals surface area contributed by atoms with Crippen LogP contribution in [0.5, 0.6) is 0 Å². The van der Waals surface area contributed by atoms with Crippen LogP contribution in [-0.2, 0) is 4.79 Å². The van der Waals surface area contributed by atoms with E-state index < -0.39 is 4.30 Å². The van der Waals surface area contributed by atoms with Gasteiger partial charge >= 0.3 is 0 Å². The summed E-state index contributed by atoms with van der Waals surface area (Å²) in [7, 11) is 3.38. The highest BCUT2D eigenvalue weighted by molar-refractivity contribution is 6.63. The van der Waals surface area contributed by atoms with Crippen molar-refractivity contribution in [1.29, 1.82) is 0 Å². The molecule has 0 radical (unpaired) electrons. The fourth-order valence-electron chi connectivity index (χ4n) is 0.854. The topological polar surface area (TPSA) is 40.5 Å². The molecule has 0 spiro atoms.